The summed E-state index contributed by atoms with van der Waals surface area (Å²) in [6.07, 6.45) is 10.00. The van der Waals surface area contributed by atoms with E-state index in [1.54, 1.807) is 6.20 Å². The molecular weight excluding hydrogens is 162 g/mol. The van der Waals surface area contributed by atoms with Gasteiger partial charge in [-0.2, -0.15) is 0 Å². The van der Waals surface area contributed by atoms with Gasteiger partial charge in [-0.3, -0.25) is 0 Å². The average molecular weight is 181 g/mol. The van der Waals surface area contributed by atoms with Gasteiger partial charge in [0.15, 0.2) is 0 Å². The minimum Gasteiger partial charge on any atom is -0.250 e. The van der Waals surface area contributed by atoms with Crippen LogP contribution in [0.15, 0.2) is 12.4 Å². The summed E-state index contributed by atoms with van der Waals surface area (Å²) >= 11 is 0. The van der Waals surface area contributed by atoms with Crippen LogP contribution in [0, 0.1) is 0 Å². The smallest absolute Gasteiger partial charge is 0.0693 e. The molecule has 0 aromatic carbocycles. The van der Waals surface area contributed by atoms with Crippen molar-refractivity contribution in [3.05, 3.63) is 12.4 Å². The second-order valence-corrected chi connectivity index (χ2v) is 3.44. The van der Waals surface area contributed by atoms with Gasteiger partial charge in [0.25, 0.3) is 0 Å². The zero-order chi connectivity index (χ0) is 9.52. The highest BCUT2D eigenvalue weighted by Crippen LogP contribution is 2.17. The first kappa shape index (κ1) is 10.2. The van der Waals surface area contributed by atoms with Gasteiger partial charge in [-0.05, 0) is 12.8 Å². The average Bonchev–Trinajstić information content (AvgIpc) is 2.65. The van der Waals surface area contributed by atoms with Crippen molar-refractivity contribution in [3.63, 3.8) is 0 Å². The van der Waals surface area contributed by atoms with E-state index in [1.807, 2.05) is 10.9 Å². The van der Waals surface area contributed by atoms with Crippen molar-refractivity contribution < 1.29 is 0 Å². The Kier molecular flexibility index (Phi) is 4.50. The Morgan fingerprint density at radius 2 is 2.15 bits per heavy atom. The topological polar surface area (TPSA) is 30.7 Å². The van der Waals surface area contributed by atoms with Crippen LogP contribution < -0.4 is 0 Å². The number of nitrogens with zero attached hydrogens (tertiary/aromatic N) is 3. The van der Waals surface area contributed by atoms with Gasteiger partial charge in [0.2, 0.25) is 0 Å². The summed E-state index contributed by atoms with van der Waals surface area (Å²) in [6.45, 7) is 4.44. The Balaban J connectivity index is 2.35. The second kappa shape index (κ2) is 5.73. The first-order chi connectivity index (χ1) is 6.38. The molecule has 0 saturated heterocycles. The van der Waals surface area contributed by atoms with E-state index in [4.69, 9.17) is 0 Å². The molecule has 0 aliphatic rings. The lowest BCUT2D eigenvalue weighted by Crippen LogP contribution is -2.08. The fourth-order valence-electron chi connectivity index (χ4n) is 1.57. The Hall–Kier alpha value is -0.860. The summed E-state index contributed by atoms with van der Waals surface area (Å²) in [6, 6.07) is 0.550. The Labute approximate surface area is 80.1 Å². The summed E-state index contributed by atoms with van der Waals surface area (Å²) in [5.74, 6) is 0. The molecule has 0 radical (unpaired) electrons. The first-order valence-corrected chi connectivity index (χ1v) is 5.24. The SMILES string of the molecule is CCCCCC(CC)n1ccnn1. The molecular formula is C10H19N3. The van der Waals surface area contributed by atoms with Gasteiger partial charge >= 0.3 is 0 Å². The molecule has 0 aliphatic carbocycles. The van der Waals surface area contributed by atoms with Gasteiger partial charge in [0.05, 0.1) is 12.2 Å². The number of aromatic nitrogens is 3. The van der Waals surface area contributed by atoms with E-state index in [0.29, 0.717) is 6.04 Å². The summed E-state index contributed by atoms with van der Waals surface area (Å²) in [5, 5.41) is 7.87. The molecule has 1 rings (SSSR count). The van der Waals surface area contributed by atoms with E-state index < -0.39 is 0 Å². The fraction of sp³-hybridized carbons (Fsp3) is 0.800. The molecule has 1 aromatic rings. The van der Waals surface area contributed by atoms with Gasteiger partial charge in [0, 0.05) is 6.20 Å². The predicted octanol–water partition coefficient (Wildman–Crippen LogP) is 2.81. The standard InChI is InChI=1S/C10H19N3/c1-3-5-6-7-10(4-2)13-9-8-11-12-13/h8-10H,3-7H2,1-2H3. The van der Waals surface area contributed by atoms with Crippen LogP contribution in [0.3, 0.4) is 0 Å². The minimum atomic E-state index is 0.550. The Morgan fingerprint density at radius 3 is 2.69 bits per heavy atom. The molecule has 74 valence electrons. The first-order valence-electron chi connectivity index (χ1n) is 5.24. The van der Waals surface area contributed by atoms with Gasteiger partial charge in [-0.25, -0.2) is 4.68 Å². The maximum atomic E-state index is 4.03. The van der Waals surface area contributed by atoms with Crippen molar-refractivity contribution >= 4 is 0 Å². The van der Waals surface area contributed by atoms with E-state index in [-0.39, 0.29) is 0 Å². The lowest BCUT2D eigenvalue weighted by Gasteiger charge is -2.13. The van der Waals surface area contributed by atoms with Crippen LogP contribution in [0.1, 0.15) is 52.0 Å². The summed E-state index contributed by atoms with van der Waals surface area (Å²) in [7, 11) is 0. The molecule has 1 atom stereocenters. The summed E-state index contributed by atoms with van der Waals surface area (Å²) in [5.41, 5.74) is 0. The summed E-state index contributed by atoms with van der Waals surface area (Å²) < 4.78 is 1.98. The van der Waals surface area contributed by atoms with E-state index in [0.717, 1.165) is 6.42 Å². The lowest BCUT2D eigenvalue weighted by atomic mass is 10.1. The number of hydrogen-bond acceptors (Lipinski definition) is 2. The molecule has 0 amide bonds. The zero-order valence-electron chi connectivity index (χ0n) is 8.61. The molecule has 1 unspecified atom stereocenters. The maximum absolute atomic E-state index is 4.03. The van der Waals surface area contributed by atoms with Gasteiger partial charge < -0.3 is 0 Å². The monoisotopic (exact) mass is 181 g/mol. The Bertz CT molecular complexity index is 206. The highest BCUT2D eigenvalue weighted by Gasteiger charge is 2.07. The van der Waals surface area contributed by atoms with Gasteiger partial charge in [0.1, 0.15) is 0 Å². The largest absolute Gasteiger partial charge is 0.250 e. The molecule has 0 saturated carbocycles. The van der Waals surface area contributed by atoms with Crippen molar-refractivity contribution in [2.45, 2.75) is 52.0 Å². The molecule has 1 aromatic heterocycles. The third-order valence-corrected chi connectivity index (χ3v) is 2.43. The highest BCUT2D eigenvalue weighted by molar-refractivity contribution is 4.71. The number of unbranched alkanes of at least 4 members (excludes halogenated alkanes) is 2. The van der Waals surface area contributed by atoms with Crippen molar-refractivity contribution in [2.75, 3.05) is 0 Å². The zero-order valence-corrected chi connectivity index (χ0v) is 8.61. The molecule has 0 aliphatic heterocycles. The lowest BCUT2D eigenvalue weighted by molar-refractivity contribution is 0.388. The molecule has 0 fully saturated rings. The van der Waals surface area contributed by atoms with Crippen LogP contribution in [0.25, 0.3) is 0 Å². The third-order valence-electron chi connectivity index (χ3n) is 2.43. The van der Waals surface area contributed by atoms with Crippen molar-refractivity contribution in [1.82, 2.24) is 15.0 Å². The second-order valence-electron chi connectivity index (χ2n) is 3.44. The molecule has 0 spiro atoms. The number of hydrogen-bond donors (Lipinski definition) is 0. The highest BCUT2D eigenvalue weighted by atomic mass is 15.4. The number of rotatable bonds is 6. The van der Waals surface area contributed by atoms with Crippen molar-refractivity contribution in [1.29, 1.82) is 0 Å². The van der Waals surface area contributed by atoms with Gasteiger partial charge in [-0.15, -0.1) is 5.10 Å². The van der Waals surface area contributed by atoms with Crippen LogP contribution in [0.2, 0.25) is 0 Å². The van der Waals surface area contributed by atoms with Crippen LogP contribution >= 0.6 is 0 Å². The quantitative estimate of drug-likeness (QED) is 0.632. The normalized spacial score (nSPS) is 13.1. The minimum absolute atomic E-state index is 0.550. The van der Waals surface area contributed by atoms with Crippen LogP contribution in [-0.2, 0) is 0 Å². The van der Waals surface area contributed by atoms with Crippen molar-refractivity contribution in [3.8, 4) is 0 Å². The van der Waals surface area contributed by atoms with Gasteiger partial charge in [-0.1, -0.05) is 38.3 Å². The predicted molar refractivity (Wildman–Crippen MR) is 53.5 cm³/mol. The Morgan fingerprint density at radius 1 is 1.31 bits per heavy atom. The summed E-state index contributed by atoms with van der Waals surface area (Å²) in [4.78, 5) is 0. The molecule has 0 N–H and O–H groups in total. The van der Waals surface area contributed by atoms with E-state index in [1.165, 1.54) is 25.7 Å². The fourth-order valence-corrected chi connectivity index (χ4v) is 1.57. The van der Waals surface area contributed by atoms with E-state index in [2.05, 4.69) is 24.2 Å². The third kappa shape index (κ3) is 3.17. The molecule has 13 heavy (non-hydrogen) atoms. The van der Waals surface area contributed by atoms with Crippen LogP contribution in [0.4, 0.5) is 0 Å². The molecule has 3 nitrogen and oxygen atoms in total. The maximum Gasteiger partial charge on any atom is 0.0693 e. The van der Waals surface area contributed by atoms with Crippen LogP contribution in [-0.4, -0.2) is 15.0 Å². The molecule has 0 bridgehead atoms. The van der Waals surface area contributed by atoms with E-state index >= 15 is 0 Å². The molecule has 1 heterocycles. The van der Waals surface area contributed by atoms with Crippen LogP contribution in [0.5, 0.6) is 0 Å². The molecule has 3 heteroatoms. The van der Waals surface area contributed by atoms with E-state index in [9.17, 15) is 0 Å². The van der Waals surface area contributed by atoms with Crippen molar-refractivity contribution in [2.24, 2.45) is 0 Å².